The van der Waals surface area contributed by atoms with E-state index in [9.17, 15) is 44.7 Å². The van der Waals surface area contributed by atoms with Gasteiger partial charge in [-0.2, -0.15) is 0 Å². The second-order valence-electron chi connectivity index (χ2n) is 10.5. The number of aliphatic hydroxyl groups is 1. The number of carbonyl (C=O) groups is 5. The number of phenols is 1. The topological polar surface area (TPSA) is 215 Å². The van der Waals surface area contributed by atoms with Crippen molar-refractivity contribution in [2.45, 2.75) is 25.6 Å². The Morgan fingerprint density at radius 2 is 1.71 bits per heavy atom. The second kappa shape index (κ2) is 13.1. The van der Waals surface area contributed by atoms with Gasteiger partial charge in [0.2, 0.25) is 0 Å². The predicted molar refractivity (Wildman–Crippen MR) is 150 cm³/mol. The molecule has 2 aliphatic heterocycles. The van der Waals surface area contributed by atoms with Crippen molar-refractivity contribution >= 4 is 30.7 Å². The first-order valence-corrected chi connectivity index (χ1v) is 13.5. The summed E-state index contributed by atoms with van der Waals surface area (Å²) < 4.78 is 12.5. The average molecular weight is 623 g/mol. The number of aliphatic carboxylic acids is 3. The fraction of sp³-hybridized carbons (Fsp3) is 0.258. The standard InChI is InChI=1S/C30H28N2O11.CH2O/c1-16-6-7-21-23(8-16)42-28-19(11-31(12-24(34)35)13-25(36)37)27(40)17(10-32(15-33)14-26(38)39)9-22(28)30(21)20-5-3-2-4-18(20)29(41)43-30;1-2/h2-9,33,40H,10-15H2,1H3,(H,34,35)(H,36,37)(H,38,39);1H2. The van der Waals surface area contributed by atoms with Crippen LogP contribution in [0.15, 0.2) is 48.5 Å². The minimum atomic E-state index is -1.58. The molecule has 0 aromatic heterocycles. The van der Waals surface area contributed by atoms with Gasteiger partial charge in [-0.1, -0.05) is 30.3 Å². The van der Waals surface area contributed by atoms with Crippen LogP contribution in [0.3, 0.4) is 0 Å². The number of carboxylic acids is 3. The number of hydrogen-bond acceptors (Lipinski definition) is 11. The largest absolute Gasteiger partial charge is 0.544 e. The molecule has 5 rings (SSSR count). The molecule has 1 spiro atoms. The number of carbonyl (C=O) groups excluding carboxylic acids is 3. The van der Waals surface area contributed by atoms with Gasteiger partial charge in [0.15, 0.2) is 12.1 Å². The zero-order valence-electron chi connectivity index (χ0n) is 24.1. The predicted octanol–water partition coefficient (Wildman–Crippen LogP) is -0.860. The fourth-order valence-corrected chi connectivity index (χ4v) is 5.76. The van der Waals surface area contributed by atoms with Crippen LogP contribution in [0.25, 0.3) is 0 Å². The third-order valence-corrected chi connectivity index (χ3v) is 7.48. The summed E-state index contributed by atoms with van der Waals surface area (Å²) in [6.07, 6.45) is 0. The first-order valence-electron chi connectivity index (χ1n) is 13.5. The Morgan fingerprint density at radius 1 is 1.00 bits per heavy atom. The van der Waals surface area contributed by atoms with Gasteiger partial charge in [0.25, 0.3) is 0 Å². The van der Waals surface area contributed by atoms with Crippen molar-refractivity contribution in [3.8, 4) is 17.2 Å². The lowest BCUT2D eigenvalue weighted by atomic mass is 9.76. The second-order valence-corrected chi connectivity index (χ2v) is 10.5. The Labute approximate surface area is 256 Å². The van der Waals surface area contributed by atoms with E-state index in [0.717, 1.165) is 10.5 Å². The number of rotatable bonds is 11. The van der Waals surface area contributed by atoms with Crippen molar-refractivity contribution in [3.63, 3.8) is 0 Å². The lowest BCUT2D eigenvalue weighted by molar-refractivity contribution is -0.900. The van der Waals surface area contributed by atoms with Gasteiger partial charge in [0, 0.05) is 28.8 Å². The maximum absolute atomic E-state index is 13.3. The monoisotopic (exact) mass is 622 g/mol. The van der Waals surface area contributed by atoms with Gasteiger partial charge < -0.3 is 49.5 Å². The van der Waals surface area contributed by atoms with Gasteiger partial charge in [0.1, 0.15) is 37.1 Å². The molecule has 14 nitrogen and oxygen atoms in total. The van der Waals surface area contributed by atoms with Crippen LogP contribution < -0.4 is 14.7 Å². The van der Waals surface area contributed by atoms with Crippen LogP contribution in [0.4, 0.5) is 0 Å². The molecule has 0 saturated carbocycles. The molecule has 0 aliphatic carbocycles. The van der Waals surface area contributed by atoms with E-state index in [1.807, 2.05) is 19.8 Å². The lowest BCUT2D eigenvalue weighted by Crippen LogP contribution is -3.13. The highest BCUT2D eigenvalue weighted by molar-refractivity contribution is 5.97. The van der Waals surface area contributed by atoms with E-state index in [-0.39, 0.29) is 46.0 Å². The maximum atomic E-state index is 13.3. The summed E-state index contributed by atoms with van der Waals surface area (Å²) in [6, 6.07) is 13.5. The number of aryl methyl sites for hydroxylation is 1. The van der Waals surface area contributed by atoms with Crippen LogP contribution in [-0.4, -0.2) is 82.4 Å². The number of quaternary nitrogens is 1. The number of hydrogen-bond donors (Lipinski definition) is 5. The molecule has 3 aromatic rings. The molecule has 0 fully saturated rings. The number of aromatic hydroxyl groups is 1. The summed E-state index contributed by atoms with van der Waals surface area (Å²) >= 11 is 0. The summed E-state index contributed by atoms with van der Waals surface area (Å²) in [7, 11) is 0. The van der Waals surface area contributed by atoms with Crippen LogP contribution >= 0.6 is 0 Å². The van der Waals surface area contributed by atoms with E-state index < -0.39 is 61.6 Å². The number of benzene rings is 3. The van der Waals surface area contributed by atoms with Crippen LogP contribution in [0.1, 0.15) is 43.7 Å². The van der Waals surface area contributed by atoms with Crippen LogP contribution in [0, 0.1) is 6.92 Å². The Balaban J connectivity index is 0.00000226. The number of phenolic OH excluding ortho intramolecular Hbond substituents is 1. The van der Waals surface area contributed by atoms with E-state index in [1.54, 1.807) is 36.4 Å². The summed E-state index contributed by atoms with van der Waals surface area (Å²) in [4.78, 5) is 56.9. The Bertz CT molecular complexity index is 1660. The molecule has 2 aliphatic rings. The molecule has 2 atom stereocenters. The molecule has 5 N–H and O–H groups in total. The minimum absolute atomic E-state index is 0.00479. The van der Waals surface area contributed by atoms with Crippen LogP contribution in [0.2, 0.25) is 0 Å². The maximum Gasteiger partial charge on any atom is 0.359 e. The first kappa shape index (κ1) is 32.6. The molecule has 2 heterocycles. The number of nitrogens with one attached hydrogen (secondary N) is 1. The zero-order valence-corrected chi connectivity index (χ0v) is 24.1. The van der Waals surface area contributed by atoms with Gasteiger partial charge in [-0.3, -0.25) is 9.69 Å². The quantitative estimate of drug-likeness (QED) is 0.130. The van der Waals surface area contributed by atoms with Crippen molar-refractivity contribution < 1.29 is 63.9 Å². The van der Waals surface area contributed by atoms with Crippen molar-refractivity contribution in [1.29, 1.82) is 0 Å². The third-order valence-electron chi connectivity index (χ3n) is 7.48. The van der Waals surface area contributed by atoms with Gasteiger partial charge in [0.05, 0.1) is 30.4 Å². The molecule has 14 heteroatoms. The smallest absolute Gasteiger partial charge is 0.359 e. The molecular formula is C31H30N2O12. The van der Waals surface area contributed by atoms with Gasteiger partial charge in [-0.25, -0.2) is 9.59 Å². The molecule has 0 saturated heterocycles. The highest BCUT2D eigenvalue weighted by Gasteiger charge is 2.54. The molecule has 0 radical (unpaired) electrons. The summed E-state index contributed by atoms with van der Waals surface area (Å²) in [5.74, 6) is -4.78. The van der Waals surface area contributed by atoms with Crippen molar-refractivity contribution in [1.82, 2.24) is 4.90 Å². The van der Waals surface area contributed by atoms with E-state index in [2.05, 4.69) is 0 Å². The number of aliphatic hydroxyl groups excluding tert-OH is 1. The molecule has 2 unspecified atom stereocenters. The highest BCUT2D eigenvalue weighted by atomic mass is 16.6. The molecular weight excluding hydrogens is 592 g/mol. The van der Waals surface area contributed by atoms with E-state index in [4.69, 9.17) is 14.3 Å². The Kier molecular flexibility index (Phi) is 9.51. The normalized spacial score (nSPS) is 16.4. The van der Waals surface area contributed by atoms with Crippen molar-refractivity contribution in [2.24, 2.45) is 0 Å². The number of fused-ring (bicyclic) bond motifs is 6. The number of nitrogens with zero attached hydrogens (tertiary/aromatic N) is 1. The Morgan fingerprint density at radius 3 is 2.36 bits per heavy atom. The van der Waals surface area contributed by atoms with Crippen LogP contribution in [0.5, 0.6) is 17.2 Å². The summed E-state index contributed by atoms with van der Waals surface area (Å²) in [5, 5.41) is 51.7. The summed E-state index contributed by atoms with van der Waals surface area (Å²) in [5.41, 5.74) is 0.819. The third kappa shape index (κ3) is 6.20. The minimum Gasteiger partial charge on any atom is -0.544 e. The van der Waals surface area contributed by atoms with Crippen molar-refractivity contribution in [2.75, 3.05) is 26.4 Å². The molecule has 0 bridgehead atoms. The van der Waals surface area contributed by atoms with Gasteiger partial charge >= 0.3 is 17.9 Å². The number of ether oxygens (including phenoxy) is 2. The van der Waals surface area contributed by atoms with Crippen LogP contribution in [-0.2, 0) is 42.6 Å². The lowest BCUT2D eigenvalue weighted by Gasteiger charge is -2.38. The van der Waals surface area contributed by atoms with Gasteiger partial charge in [-0.05, 0) is 30.7 Å². The molecule has 3 aromatic carbocycles. The fourth-order valence-electron chi connectivity index (χ4n) is 5.76. The zero-order chi connectivity index (χ0) is 33.1. The Hall–Kier alpha value is -5.31. The highest BCUT2D eigenvalue weighted by Crippen LogP contribution is 2.58. The van der Waals surface area contributed by atoms with E-state index in [1.165, 1.54) is 6.07 Å². The van der Waals surface area contributed by atoms with Crippen molar-refractivity contribution in [3.05, 3.63) is 87.5 Å². The van der Waals surface area contributed by atoms with E-state index in [0.29, 0.717) is 16.9 Å². The number of esters is 1. The van der Waals surface area contributed by atoms with E-state index >= 15 is 0 Å². The summed E-state index contributed by atoms with van der Waals surface area (Å²) in [6.45, 7) is 0.555. The SMILES string of the molecule is C=O.Cc1ccc2c(c1)Oc1c(cc(CN(CO)CC(=O)O)c(O)c1C[NH+](CC(=O)[O-])CC(=O)O)C21OC(=O)c2ccccc21. The first-order chi connectivity index (χ1) is 21.4. The molecule has 0 amide bonds. The average Bonchev–Trinajstić information content (AvgIpc) is 3.28. The molecule has 236 valence electrons. The molecule has 45 heavy (non-hydrogen) atoms. The van der Waals surface area contributed by atoms with Gasteiger partial charge in [-0.15, -0.1) is 0 Å². The number of carboxylic acid groups (broad SMARTS) is 3.